The van der Waals surface area contributed by atoms with E-state index in [1.165, 1.54) is 0 Å². The number of ether oxygens (including phenoxy) is 1. The highest BCUT2D eigenvalue weighted by atomic mass is 32.2. The second-order valence-corrected chi connectivity index (χ2v) is 7.37. The molecule has 1 heterocycles. The van der Waals surface area contributed by atoms with Gasteiger partial charge in [0.1, 0.15) is 0 Å². The van der Waals surface area contributed by atoms with Crippen LogP contribution in [0.1, 0.15) is 44.9 Å². The zero-order valence-corrected chi connectivity index (χ0v) is 11.5. The van der Waals surface area contributed by atoms with Gasteiger partial charge in [0.2, 0.25) is 10.0 Å². The maximum absolute atomic E-state index is 11.9. The molecule has 2 rings (SSSR count). The van der Waals surface area contributed by atoms with E-state index in [0.717, 1.165) is 32.1 Å². The third-order valence-electron chi connectivity index (χ3n) is 3.83. The fourth-order valence-corrected chi connectivity index (χ4v) is 4.07. The van der Waals surface area contributed by atoms with E-state index >= 15 is 0 Å². The predicted molar refractivity (Wildman–Crippen MR) is 68.8 cm³/mol. The Balaban J connectivity index is 1.80. The summed E-state index contributed by atoms with van der Waals surface area (Å²) in [4.78, 5) is 0. The van der Waals surface area contributed by atoms with Crippen molar-refractivity contribution in [2.45, 2.75) is 56.7 Å². The molecule has 0 aromatic heterocycles. The second-order valence-electron chi connectivity index (χ2n) is 5.52. The van der Waals surface area contributed by atoms with E-state index in [4.69, 9.17) is 4.74 Å². The first-order chi connectivity index (χ1) is 8.49. The van der Waals surface area contributed by atoms with Crippen molar-refractivity contribution in [3.8, 4) is 0 Å². The molecule has 2 aliphatic rings. The van der Waals surface area contributed by atoms with E-state index in [9.17, 15) is 13.5 Å². The van der Waals surface area contributed by atoms with Gasteiger partial charge in [0, 0.05) is 13.2 Å². The van der Waals surface area contributed by atoms with E-state index in [0.29, 0.717) is 19.4 Å². The number of hydrogen-bond donors (Lipinski definition) is 2. The monoisotopic (exact) mass is 277 g/mol. The summed E-state index contributed by atoms with van der Waals surface area (Å²) in [5, 5.41) is 10.2. The molecule has 1 aliphatic carbocycles. The summed E-state index contributed by atoms with van der Waals surface area (Å²) >= 11 is 0. The molecule has 0 aromatic rings. The zero-order valence-electron chi connectivity index (χ0n) is 10.7. The van der Waals surface area contributed by atoms with Gasteiger partial charge in [-0.05, 0) is 25.7 Å². The molecule has 2 fully saturated rings. The Morgan fingerprint density at radius 1 is 1.22 bits per heavy atom. The first-order valence-electron chi connectivity index (χ1n) is 6.80. The lowest BCUT2D eigenvalue weighted by Gasteiger charge is -2.32. The van der Waals surface area contributed by atoms with Crippen molar-refractivity contribution >= 4 is 10.0 Å². The summed E-state index contributed by atoms with van der Waals surface area (Å²) in [5.74, 6) is 0.0169. The molecule has 2 N–H and O–H groups in total. The third kappa shape index (κ3) is 4.19. The minimum absolute atomic E-state index is 0.0169. The summed E-state index contributed by atoms with van der Waals surface area (Å²) < 4.78 is 31.6. The van der Waals surface area contributed by atoms with Crippen LogP contribution in [-0.2, 0) is 14.8 Å². The van der Waals surface area contributed by atoms with Crippen molar-refractivity contribution in [3.63, 3.8) is 0 Å². The summed E-state index contributed by atoms with van der Waals surface area (Å²) in [6.45, 7) is 0.798. The van der Waals surface area contributed by atoms with Gasteiger partial charge >= 0.3 is 0 Å². The molecule has 0 bridgehead atoms. The normalized spacial score (nSPS) is 28.4. The topological polar surface area (TPSA) is 75.6 Å². The quantitative estimate of drug-likeness (QED) is 0.778. The molecule has 1 aliphatic heterocycles. The molecule has 0 spiro atoms. The van der Waals surface area contributed by atoms with Crippen molar-refractivity contribution in [2.75, 3.05) is 18.9 Å². The van der Waals surface area contributed by atoms with Gasteiger partial charge in [-0.3, -0.25) is 0 Å². The van der Waals surface area contributed by atoms with E-state index in [2.05, 4.69) is 4.72 Å². The van der Waals surface area contributed by atoms with Gasteiger partial charge in [-0.1, -0.05) is 19.3 Å². The summed E-state index contributed by atoms with van der Waals surface area (Å²) in [6.07, 6.45) is 6.03. The number of hydrogen-bond acceptors (Lipinski definition) is 4. The minimum Gasteiger partial charge on any atom is -0.389 e. The molecule has 1 saturated carbocycles. The van der Waals surface area contributed by atoms with Crippen LogP contribution < -0.4 is 4.72 Å². The Labute approximate surface area is 109 Å². The summed E-state index contributed by atoms with van der Waals surface area (Å²) in [7, 11) is -3.34. The highest BCUT2D eigenvalue weighted by molar-refractivity contribution is 7.89. The van der Waals surface area contributed by atoms with Gasteiger partial charge in [-0.2, -0.15) is 0 Å². The SMILES string of the molecule is O=S(=O)(CC1CCCO1)NCC1(O)CCCCC1. The number of aliphatic hydroxyl groups is 1. The van der Waals surface area contributed by atoms with Crippen molar-refractivity contribution in [1.29, 1.82) is 0 Å². The smallest absolute Gasteiger partial charge is 0.214 e. The first-order valence-corrected chi connectivity index (χ1v) is 8.46. The van der Waals surface area contributed by atoms with E-state index in [1.54, 1.807) is 0 Å². The first kappa shape index (κ1) is 14.2. The van der Waals surface area contributed by atoms with Gasteiger partial charge in [-0.15, -0.1) is 0 Å². The van der Waals surface area contributed by atoms with E-state index in [-0.39, 0.29) is 18.4 Å². The maximum Gasteiger partial charge on any atom is 0.214 e. The zero-order chi connectivity index (χ0) is 13.1. The van der Waals surface area contributed by atoms with Gasteiger partial charge in [0.05, 0.1) is 17.5 Å². The van der Waals surface area contributed by atoms with E-state index in [1.807, 2.05) is 0 Å². The summed E-state index contributed by atoms with van der Waals surface area (Å²) in [6, 6.07) is 0. The van der Waals surface area contributed by atoms with Crippen molar-refractivity contribution in [1.82, 2.24) is 4.72 Å². The van der Waals surface area contributed by atoms with Crippen LogP contribution in [0.15, 0.2) is 0 Å². The Bertz CT molecular complexity index is 356. The lowest BCUT2D eigenvalue weighted by molar-refractivity contribution is 0.00936. The molecule has 6 heteroatoms. The third-order valence-corrected chi connectivity index (χ3v) is 5.23. The lowest BCUT2D eigenvalue weighted by atomic mass is 9.85. The highest BCUT2D eigenvalue weighted by Gasteiger charge is 2.31. The molecule has 1 unspecified atom stereocenters. The molecule has 1 saturated heterocycles. The van der Waals surface area contributed by atoms with Crippen LogP contribution in [-0.4, -0.2) is 44.1 Å². The number of sulfonamides is 1. The molecule has 0 aromatic carbocycles. The molecular formula is C12H23NO4S. The fourth-order valence-electron chi connectivity index (χ4n) is 2.71. The van der Waals surface area contributed by atoms with Crippen LogP contribution in [0.4, 0.5) is 0 Å². The second kappa shape index (κ2) is 5.86. The van der Waals surface area contributed by atoms with Crippen LogP contribution in [0.25, 0.3) is 0 Å². The molecule has 106 valence electrons. The average molecular weight is 277 g/mol. The Morgan fingerprint density at radius 3 is 2.56 bits per heavy atom. The van der Waals surface area contributed by atoms with Crippen molar-refractivity contribution in [3.05, 3.63) is 0 Å². The molecular weight excluding hydrogens is 254 g/mol. The minimum atomic E-state index is -3.34. The van der Waals surface area contributed by atoms with E-state index < -0.39 is 15.6 Å². The average Bonchev–Trinajstić information content (AvgIpc) is 2.80. The maximum atomic E-state index is 11.9. The largest absolute Gasteiger partial charge is 0.389 e. The Hall–Kier alpha value is -0.170. The molecule has 5 nitrogen and oxygen atoms in total. The van der Waals surface area contributed by atoms with Crippen LogP contribution in [0.2, 0.25) is 0 Å². The number of rotatable bonds is 5. The van der Waals surface area contributed by atoms with Gasteiger partial charge in [0.15, 0.2) is 0 Å². The Morgan fingerprint density at radius 2 is 1.94 bits per heavy atom. The Kier molecular flexibility index (Phi) is 4.64. The highest BCUT2D eigenvalue weighted by Crippen LogP contribution is 2.27. The van der Waals surface area contributed by atoms with Crippen molar-refractivity contribution < 1.29 is 18.3 Å². The molecule has 0 amide bonds. The molecule has 18 heavy (non-hydrogen) atoms. The van der Waals surface area contributed by atoms with Crippen LogP contribution >= 0.6 is 0 Å². The van der Waals surface area contributed by atoms with Crippen LogP contribution in [0.5, 0.6) is 0 Å². The van der Waals surface area contributed by atoms with Gasteiger partial charge < -0.3 is 9.84 Å². The van der Waals surface area contributed by atoms with Crippen LogP contribution in [0, 0.1) is 0 Å². The van der Waals surface area contributed by atoms with Gasteiger partial charge in [-0.25, -0.2) is 13.1 Å². The number of nitrogens with one attached hydrogen (secondary N) is 1. The molecule has 1 atom stereocenters. The summed E-state index contributed by atoms with van der Waals surface area (Å²) in [5.41, 5.74) is -0.845. The lowest BCUT2D eigenvalue weighted by Crippen LogP contribution is -2.45. The van der Waals surface area contributed by atoms with Gasteiger partial charge in [0.25, 0.3) is 0 Å². The van der Waals surface area contributed by atoms with Crippen LogP contribution in [0.3, 0.4) is 0 Å². The molecule has 0 radical (unpaired) electrons. The predicted octanol–water partition coefficient (Wildman–Crippen LogP) is 0.780. The van der Waals surface area contributed by atoms with Crippen molar-refractivity contribution in [2.24, 2.45) is 0 Å². The standard InChI is InChI=1S/C12H23NO4S/c14-12(6-2-1-3-7-12)10-13-18(15,16)9-11-5-4-8-17-11/h11,13-14H,1-10H2. The fraction of sp³-hybridized carbons (Fsp3) is 1.00.